The number of aryl methyl sites for hydroxylation is 1. The lowest BCUT2D eigenvalue weighted by Crippen LogP contribution is -2.13. The van der Waals surface area contributed by atoms with Gasteiger partial charge in [-0.2, -0.15) is 9.78 Å². The van der Waals surface area contributed by atoms with Crippen molar-refractivity contribution >= 4 is 23.4 Å². The maximum Gasteiger partial charge on any atom is 0.335 e. The van der Waals surface area contributed by atoms with Gasteiger partial charge in [0.2, 0.25) is 11.7 Å². The van der Waals surface area contributed by atoms with Crippen LogP contribution in [0.15, 0.2) is 36.4 Å². The summed E-state index contributed by atoms with van der Waals surface area (Å²) in [5.41, 5.74) is 1.60. The van der Waals surface area contributed by atoms with Crippen LogP contribution in [0.3, 0.4) is 0 Å². The van der Waals surface area contributed by atoms with Crippen LogP contribution in [-0.4, -0.2) is 33.2 Å². The normalized spacial score (nSPS) is 12.9. The Hall–Kier alpha value is -3.19. The molecule has 148 valence electrons. The van der Waals surface area contributed by atoms with E-state index in [2.05, 4.69) is 5.10 Å². The third kappa shape index (κ3) is 3.27. The van der Waals surface area contributed by atoms with Gasteiger partial charge in [0.1, 0.15) is 17.2 Å². The van der Waals surface area contributed by atoms with Gasteiger partial charge in [-0.1, -0.05) is 23.7 Å². The summed E-state index contributed by atoms with van der Waals surface area (Å²) in [6.07, 6.45) is 1.25. The van der Waals surface area contributed by atoms with Crippen LogP contribution in [0, 0.1) is 12.7 Å². The Labute approximate surface area is 170 Å². The predicted octanol–water partition coefficient (Wildman–Crippen LogP) is 4.23. The molecule has 0 fully saturated rings. The highest BCUT2D eigenvalue weighted by Crippen LogP contribution is 2.34. The quantitative estimate of drug-likeness (QED) is 0.646. The lowest BCUT2D eigenvalue weighted by atomic mass is 9.98. The number of ether oxygens (including phenoxy) is 1. The molecule has 0 bridgehead atoms. The van der Waals surface area contributed by atoms with Crippen LogP contribution in [0.4, 0.5) is 4.39 Å². The molecule has 0 spiro atoms. The first-order valence-corrected chi connectivity index (χ1v) is 9.34. The SMILES string of the molecule is Cc1cccc(Cl)c1C(=O)c1nn(-c2ccc(C(=O)O)cc2F)c2c1CCCO2. The highest BCUT2D eigenvalue weighted by Gasteiger charge is 2.30. The minimum atomic E-state index is -1.24. The summed E-state index contributed by atoms with van der Waals surface area (Å²) in [6, 6.07) is 8.66. The van der Waals surface area contributed by atoms with Gasteiger partial charge in [0.05, 0.1) is 17.2 Å². The molecular weight excluding hydrogens is 399 g/mol. The Morgan fingerprint density at radius 3 is 2.76 bits per heavy atom. The lowest BCUT2D eigenvalue weighted by Gasteiger charge is -2.16. The number of carboxylic acid groups (broad SMARTS) is 1. The highest BCUT2D eigenvalue weighted by atomic mass is 35.5. The van der Waals surface area contributed by atoms with E-state index < -0.39 is 11.8 Å². The number of carbonyl (C=O) groups is 2. The Morgan fingerprint density at radius 1 is 1.28 bits per heavy atom. The lowest BCUT2D eigenvalue weighted by molar-refractivity contribution is 0.0696. The molecule has 0 atom stereocenters. The molecule has 0 saturated carbocycles. The average Bonchev–Trinajstić information content (AvgIpc) is 3.07. The number of halogens is 2. The number of benzene rings is 2. The second-order valence-electron chi connectivity index (χ2n) is 6.73. The fourth-order valence-corrected chi connectivity index (χ4v) is 3.73. The van der Waals surface area contributed by atoms with E-state index in [4.69, 9.17) is 21.4 Å². The van der Waals surface area contributed by atoms with Gasteiger partial charge < -0.3 is 9.84 Å². The van der Waals surface area contributed by atoms with Gasteiger partial charge >= 0.3 is 5.97 Å². The maximum absolute atomic E-state index is 14.6. The number of fused-ring (bicyclic) bond motifs is 1. The summed E-state index contributed by atoms with van der Waals surface area (Å²) >= 11 is 6.25. The van der Waals surface area contributed by atoms with Crippen molar-refractivity contribution in [2.45, 2.75) is 19.8 Å². The van der Waals surface area contributed by atoms with E-state index in [9.17, 15) is 14.0 Å². The van der Waals surface area contributed by atoms with Gasteiger partial charge in [0, 0.05) is 11.1 Å². The van der Waals surface area contributed by atoms with E-state index in [1.54, 1.807) is 25.1 Å². The molecule has 6 nitrogen and oxygen atoms in total. The van der Waals surface area contributed by atoms with Gasteiger partial charge in [0.15, 0.2) is 0 Å². The first kappa shape index (κ1) is 19.1. The molecule has 3 aromatic rings. The van der Waals surface area contributed by atoms with Crippen molar-refractivity contribution in [3.05, 3.63) is 75.2 Å². The first-order chi connectivity index (χ1) is 13.9. The van der Waals surface area contributed by atoms with Crippen LogP contribution < -0.4 is 4.74 Å². The van der Waals surface area contributed by atoms with Crippen molar-refractivity contribution in [3.8, 4) is 11.6 Å². The Balaban J connectivity index is 1.88. The Morgan fingerprint density at radius 2 is 2.07 bits per heavy atom. The van der Waals surface area contributed by atoms with Crippen LogP contribution in [0.2, 0.25) is 5.02 Å². The Bertz CT molecular complexity index is 1140. The first-order valence-electron chi connectivity index (χ1n) is 8.96. The molecular formula is C21H16ClFN2O4. The topological polar surface area (TPSA) is 81.4 Å². The summed E-state index contributed by atoms with van der Waals surface area (Å²) in [7, 11) is 0. The van der Waals surface area contributed by atoms with Gasteiger partial charge in [-0.15, -0.1) is 0 Å². The van der Waals surface area contributed by atoms with Crippen molar-refractivity contribution < 1.29 is 23.8 Å². The fraction of sp³-hybridized carbons (Fsp3) is 0.190. The highest BCUT2D eigenvalue weighted by molar-refractivity contribution is 6.35. The smallest absolute Gasteiger partial charge is 0.335 e. The number of aromatic nitrogens is 2. The van der Waals surface area contributed by atoms with Crippen LogP contribution in [0.5, 0.6) is 5.88 Å². The molecule has 2 heterocycles. The number of nitrogens with zero attached hydrogens (tertiary/aromatic N) is 2. The monoisotopic (exact) mass is 414 g/mol. The van der Waals surface area contributed by atoms with Crippen molar-refractivity contribution in [1.29, 1.82) is 0 Å². The van der Waals surface area contributed by atoms with Crippen LogP contribution in [-0.2, 0) is 6.42 Å². The number of carbonyl (C=O) groups excluding carboxylic acids is 1. The second kappa shape index (κ2) is 7.33. The van der Waals surface area contributed by atoms with Crippen LogP contribution in [0.25, 0.3) is 5.69 Å². The summed E-state index contributed by atoms with van der Waals surface area (Å²) in [6.45, 7) is 2.19. The van der Waals surface area contributed by atoms with Gasteiger partial charge in [-0.25, -0.2) is 9.18 Å². The van der Waals surface area contributed by atoms with E-state index in [1.807, 2.05) is 0 Å². The summed E-state index contributed by atoms with van der Waals surface area (Å²) < 4.78 is 21.6. The van der Waals surface area contributed by atoms with Gasteiger partial charge in [-0.05, 0) is 49.6 Å². The molecule has 0 aliphatic carbocycles. The van der Waals surface area contributed by atoms with E-state index in [0.717, 1.165) is 6.07 Å². The number of rotatable bonds is 4. The van der Waals surface area contributed by atoms with Crippen molar-refractivity contribution in [2.24, 2.45) is 0 Å². The van der Waals surface area contributed by atoms with Crippen molar-refractivity contribution in [3.63, 3.8) is 0 Å². The molecule has 1 aromatic heterocycles. The Kier molecular flexibility index (Phi) is 4.84. The largest absolute Gasteiger partial charge is 0.478 e. The van der Waals surface area contributed by atoms with E-state index in [-0.39, 0.29) is 28.6 Å². The summed E-state index contributed by atoms with van der Waals surface area (Å²) in [5, 5.41) is 13.7. The summed E-state index contributed by atoms with van der Waals surface area (Å²) in [4.78, 5) is 24.3. The number of carboxylic acids is 1. The predicted molar refractivity (Wildman–Crippen MR) is 104 cm³/mol. The van der Waals surface area contributed by atoms with Crippen molar-refractivity contribution in [2.75, 3.05) is 6.61 Å². The van der Waals surface area contributed by atoms with E-state index in [0.29, 0.717) is 41.2 Å². The molecule has 1 N–H and O–H groups in total. The number of ketones is 1. The fourth-order valence-electron chi connectivity index (χ4n) is 3.42. The molecule has 0 unspecified atom stereocenters. The molecule has 1 aliphatic rings. The van der Waals surface area contributed by atoms with Gasteiger partial charge in [-0.3, -0.25) is 4.79 Å². The van der Waals surface area contributed by atoms with E-state index >= 15 is 0 Å². The molecule has 1 aliphatic heterocycles. The van der Waals surface area contributed by atoms with Crippen molar-refractivity contribution in [1.82, 2.24) is 9.78 Å². The zero-order valence-electron chi connectivity index (χ0n) is 15.4. The zero-order chi connectivity index (χ0) is 20.7. The minimum Gasteiger partial charge on any atom is -0.478 e. The molecule has 0 saturated heterocycles. The third-order valence-electron chi connectivity index (χ3n) is 4.83. The zero-order valence-corrected chi connectivity index (χ0v) is 16.2. The average molecular weight is 415 g/mol. The molecule has 0 amide bonds. The van der Waals surface area contributed by atoms with Crippen LogP contribution in [0.1, 0.15) is 44.0 Å². The maximum atomic E-state index is 14.6. The number of hydrogen-bond acceptors (Lipinski definition) is 4. The second-order valence-corrected chi connectivity index (χ2v) is 7.14. The molecule has 8 heteroatoms. The standard InChI is InChI=1S/C21H16ClFN2O4/c1-11-4-2-6-14(22)17(11)19(26)18-13-5-3-9-29-20(13)25(24-18)16-8-7-12(21(27)28)10-15(16)23/h2,4,6-8,10H,3,5,9H2,1H3,(H,27,28). The number of aromatic carboxylic acids is 1. The van der Waals surface area contributed by atoms with Crippen LogP contribution >= 0.6 is 11.6 Å². The third-order valence-corrected chi connectivity index (χ3v) is 5.15. The number of hydrogen-bond donors (Lipinski definition) is 1. The molecule has 2 aromatic carbocycles. The molecule has 4 rings (SSSR count). The minimum absolute atomic E-state index is 0.00285. The van der Waals surface area contributed by atoms with E-state index in [1.165, 1.54) is 16.8 Å². The molecule has 0 radical (unpaired) electrons. The molecule has 29 heavy (non-hydrogen) atoms. The summed E-state index contributed by atoms with van der Waals surface area (Å²) in [5.74, 6) is -2.10. The van der Waals surface area contributed by atoms with Gasteiger partial charge in [0.25, 0.3) is 0 Å².